The summed E-state index contributed by atoms with van der Waals surface area (Å²) in [6.07, 6.45) is 6.80. The van der Waals surface area contributed by atoms with Gasteiger partial charge in [0.25, 0.3) is 0 Å². The molecule has 1 saturated heterocycles. The number of benzene rings is 1. The zero-order chi connectivity index (χ0) is 17.4. The van der Waals surface area contributed by atoms with Crippen molar-refractivity contribution in [2.24, 2.45) is 7.05 Å². The van der Waals surface area contributed by atoms with E-state index in [1.165, 1.54) is 42.4 Å². The average Bonchev–Trinajstić information content (AvgIpc) is 3.32. The van der Waals surface area contributed by atoms with Crippen LogP contribution in [0.1, 0.15) is 38.2 Å². The van der Waals surface area contributed by atoms with Gasteiger partial charge in [-0.25, -0.2) is 4.98 Å². The van der Waals surface area contributed by atoms with Crippen LogP contribution in [0.5, 0.6) is 0 Å². The molecule has 0 atom stereocenters. The van der Waals surface area contributed by atoms with Gasteiger partial charge in [0, 0.05) is 42.8 Å². The molecule has 0 aliphatic carbocycles. The number of rotatable bonds is 5. The minimum Gasteiger partial charge on any atom is -0.346 e. The minimum atomic E-state index is 0.502. The maximum atomic E-state index is 4.45. The molecular weight excluding hydrogens is 310 g/mol. The Balaban J connectivity index is 1.69. The first-order valence-electron chi connectivity index (χ1n) is 9.33. The first-order valence-corrected chi connectivity index (χ1v) is 9.33. The average molecular weight is 337 g/mol. The molecule has 0 N–H and O–H groups in total. The second kappa shape index (κ2) is 6.64. The first kappa shape index (κ1) is 16.3. The van der Waals surface area contributed by atoms with E-state index in [0.29, 0.717) is 5.92 Å². The molecular formula is C20H27N5. The molecule has 2 aromatic heterocycles. The van der Waals surface area contributed by atoms with Crippen LogP contribution in [-0.4, -0.2) is 43.9 Å². The third-order valence-corrected chi connectivity index (χ3v) is 5.25. The van der Waals surface area contributed by atoms with Crippen LogP contribution < -0.4 is 0 Å². The van der Waals surface area contributed by atoms with Gasteiger partial charge >= 0.3 is 0 Å². The van der Waals surface area contributed by atoms with Crippen molar-refractivity contribution in [3.05, 3.63) is 36.3 Å². The van der Waals surface area contributed by atoms with Gasteiger partial charge < -0.3 is 9.47 Å². The molecule has 0 unspecified atom stereocenters. The van der Waals surface area contributed by atoms with Crippen molar-refractivity contribution in [3.8, 4) is 11.4 Å². The molecule has 0 amide bonds. The standard InChI is InChI=1S/C20H27N5/c1-15(2)18-13-25(11-10-24-8-4-5-9-24)19-7-6-16(12-17(18)19)20-21-14-23(3)22-20/h6-7,12-15H,4-5,8-11H2,1-3H3. The molecule has 1 aliphatic heterocycles. The van der Waals surface area contributed by atoms with E-state index in [-0.39, 0.29) is 0 Å². The molecule has 1 aliphatic rings. The lowest BCUT2D eigenvalue weighted by Crippen LogP contribution is -2.23. The van der Waals surface area contributed by atoms with Gasteiger partial charge in [0.05, 0.1) is 0 Å². The monoisotopic (exact) mass is 337 g/mol. The lowest BCUT2D eigenvalue weighted by molar-refractivity contribution is 0.324. The Kier molecular flexibility index (Phi) is 4.34. The van der Waals surface area contributed by atoms with Crippen molar-refractivity contribution < 1.29 is 0 Å². The SMILES string of the molecule is CC(C)c1cn(CCN2CCCC2)c2ccc(-c3ncn(C)n3)cc12. The molecule has 0 bridgehead atoms. The molecule has 3 heterocycles. The minimum absolute atomic E-state index is 0.502. The van der Waals surface area contributed by atoms with Crippen LogP contribution >= 0.6 is 0 Å². The van der Waals surface area contributed by atoms with Crippen molar-refractivity contribution in [2.45, 2.75) is 39.2 Å². The van der Waals surface area contributed by atoms with Crippen LogP contribution in [0.25, 0.3) is 22.3 Å². The van der Waals surface area contributed by atoms with E-state index in [4.69, 9.17) is 0 Å². The Bertz CT molecular complexity index is 867. The summed E-state index contributed by atoms with van der Waals surface area (Å²) in [6.45, 7) is 9.25. The highest BCUT2D eigenvalue weighted by Crippen LogP contribution is 2.31. The Morgan fingerprint density at radius 2 is 1.92 bits per heavy atom. The van der Waals surface area contributed by atoms with Gasteiger partial charge in [-0.1, -0.05) is 13.8 Å². The van der Waals surface area contributed by atoms with E-state index >= 15 is 0 Å². The molecule has 3 aromatic rings. The number of hydrogen-bond donors (Lipinski definition) is 0. The van der Waals surface area contributed by atoms with E-state index < -0.39 is 0 Å². The van der Waals surface area contributed by atoms with Gasteiger partial charge in [-0.3, -0.25) is 4.68 Å². The van der Waals surface area contributed by atoms with Gasteiger partial charge in [0.1, 0.15) is 6.33 Å². The summed E-state index contributed by atoms with van der Waals surface area (Å²) in [5.74, 6) is 1.30. The molecule has 0 spiro atoms. The third-order valence-electron chi connectivity index (χ3n) is 5.25. The van der Waals surface area contributed by atoms with Gasteiger partial charge in [0.2, 0.25) is 0 Å². The summed E-state index contributed by atoms with van der Waals surface area (Å²) >= 11 is 0. The van der Waals surface area contributed by atoms with E-state index in [1.807, 2.05) is 7.05 Å². The Morgan fingerprint density at radius 3 is 2.60 bits per heavy atom. The van der Waals surface area contributed by atoms with Gasteiger partial charge in [-0.2, -0.15) is 5.10 Å². The highest BCUT2D eigenvalue weighted by molar-refractivity contribution is 5.88. The van der Waals surface area contributed by atoms with Crippen LogP contribution in [0.15, 0.2) is 30.7 Å². The Labute approximate surface area is 149 Å². The van der Waals surface area contributed by atoms with Crippen molar-refractivity contribution in [3.63, 3.8) is 0 Å². The van der Waals surface area contributed by atoms with E-state index in [2.05, 4.69) is 57.8 Å². The van der Waals surface area contributed by atoms with Crippen LogP contribution in [0.3, 0.4) is 0 Å². The lowest BCUT2D eigenvalue weighted by Gasteiger charge is -2.15. The third kappa shape index (κ3) is 3.21. The van der Waals surface area contributed by atoms with E-state index in [1.54, 1.807) is 11.0 Å². The zero-order valence-electron chi connectivity index (χ0n) is 15.4. The fraction of sp³-hybridized carbons (Fsp3) is 0.500. The maximum absolute atomic E-state index is 4.45. The molecule has 5 heteroatoms. The summed E-state index contributed by atoms with van der Waals surface area (Å²) in [5, 5.41) is 5.78. The number of likely N-dealkylation sites (tertiary alicyclic amines) is 1. The number of hydrogen-bond acceptors (Lipinski definition) is 3. The lowest BCUT2D eigenvalue weighted by atomic mass is 10.0. The fourth-order valence-electron chi connectivity index (χ4n) is 3.84. The van der Waals surface area contributed by atoms with Gasteiger partial charge in [-0.05, 0) is 55.6 Å². The van der Waals surface area contributed by atoms with Crippen molar-refractivity contribution in [1.29, 1.82) is 0 Å². The Morgan fingerprint density at radius 1 is 1.12 bits per heavy atom. The highest BCUT2D eigenvalue weighted by atomic mass is 15.3. The number of fused-ring (bicyclic) bond motifs is 1. The predicted octanol–water partition coefficient (Wildman–Crippen LogP) is 3.66. The van der Waals surface area contributed by atoms with E-state index in [9.17, 15) is 0 Å². The van der Waals surface area contributed by atoms with Crippen molar-refractivity contribution in [1.82, 2.24) is 24.2 Å². The summed E-state index contributed by atoms with van der Waals surface area (Å²) in [7, 11) is 1.91. The molecule has 132 valence electrons. The largest absolute Gasteiger partial charge is 0.346 e. The molecule has 25 heavy (non-hydrogen) atoms. The van der Waals surface area contributed by atoms with Crippen molar-refractivity contribution in [2.75, 3.05) is 19.6 Å². The normalized spacial score (nSPS) is 15.7. The first-order chi connectivity index (χ1) is 12.1. The van der Waals surface area contributed by atoms with Crippen LogP contribution in [0.2, 0.25) is 0 Å². The summed E-state index contributed by atoms with van der Waals surface area (Å²) < 4.78 is 4.18. The van der Waals surface area contributed by atoms with Gasteiger partial charge in [0.15, 0.2) is 5.82 Å². The summed E-state index contributed by atoms with van der Waals surface area (Å²) in [4.78, 5) is 6.98. The molecule has 0 saturated carbocycles. The van der Waals surface area contributed by atoms with Crippen molar-refractivity contribution >= 4 is 10.9 Å². The van der Waals surface area contributed by atoms with E-state index in [0.717, 1.165) is 24.5 Å². The fourth-order valence-corrected chi connectivity index (χ4v) is 3.84. The second-order valence-electron chi connectivity index (χ2n) is 7.46. The Hall–Kier alpha value is -2.14. The zero-order valence-corrected chi connectivity index (χ0v) is 15.4. The summed E-state index contributed by atoms with van der Waals surface area (Å²) in [6, 6.07) is 6.64. The predicted molar refractivity (Wildman–Crippen MR) is 102 cm³/mol. The number of aromatic nitrogens is 4. The molecule has 0 radical (unpaired) electrons. The highest BCUT2D eigenvalue weighted by Gasteiger charge is 2.16. The van der Waals surface area contributed by atoms with Crippen LogP contribution in [0, 0.1) is 0 Å². The quantitative estimate of drug-likeness (QED) is 0.713. The number of aryl methyl sites for hydroxylation is 1. The number of nitrogens with zero attached hydrogens (tertiary/aromatic N) is 5. The summed E-state index contributed by atoms with van der Waals surface area (Å²) in [5.41, 5.74) is 3.82. The van der Waals surface area contributed by atoms with Crippen LogP contribution in [0.4, 0.5) is 0 Å². The van der Waals surface area contributed by atoms with Gasteiger partial charge in [-0.15, -0.1) is 0 Å². The molecule has 1 aromatic carbocycles. The smallest absolute Gasteiger partial charge is 0.181 e. The topological polar surface area (TPSA) is 38.9 Å². The second-order valence-corrected chi connectivity index (χ2v) is 7.46. The van der Waals surface area contributed by atoms with Crippen LogP contribution in [-0.2, 0) is 13.6 Å². The molecule has 4 rings (SSSR count). The maximum Gasteiger partial charge on any atom is 0.181 e. The molecule has 5 nitrogen and oxygen atoms in total. The molecule has 1 fully saturated rings.